The van der Waals surface area contributed by atoms with Gasteiger partial charge >= 0.3 is 0 Å². The maximum atomic E-state index is 10.7. The van der Waals surface area contributed by atoms with Crippen molar-refractivity contribution in [2.75, 3.05) is 25.0 Å². The predicted octanol–water partition coefficient (Wildman–Crippen LogP) is 2.31. The average Bonchev–Trinajstić information content (AvgIpc) is 2.84. The number of nitrogens with one attached hydrogen (secondary N) is 2. The molecule has 0 radical (unpaired) electrons. The molecular weight excluding hydrogens is 230 g/mol. The van der Waals surface area contributed by atoms with Crippen LogP contribution in [0, 0.1) is 23.0 Å². The first-order valence-corrected chi connectivity index (χ1v) is 6.36. The summed E-state index contributed by atoms with van der Waals surface area (Å²) >= 11 is 0. The third kappa shape index (κ3) is 3.20. The second-order valence-corrected chi connectivity index (χ2v) is 4.83. The van der Waals surface area contributed by atoms with Crippen molar-refractivity contribution < 1.29 is 4.92 Å². The zero-order valence-electron chi connectivity index (χ0n) is 10.6. The molecular formula is C13H19N3O2. The van der Waals surface area contributed by atoms with Gasteiger partial charge in [0.05, 0.1) is 4.92 Å². The Bertz CT molecular complexity index is 428. The van der Waals surface area contributed by atoms with Crippen molar-refractivity contribution in [2.24, 2.45) is 5.92 Å². The van der Waals surface area contributed by atoms with Gasteiger partial charge in [0, 0.05) is 24.4 Å². The highest BCUT2D eigenvalue weighted by atomic mass is 16.6. The topological polar surface area (TPSA) is 67.2 Å². The summed E-state index contributed by atoms with van der Waals surface area (Å²) in [6.45, 7) is 5.04. The van der Waals surface area contributed by atoms with Crippen LogP contribution in [-0.4, -0.2) is 24.6 Å². The smallest absolute Gasteiger partial charge is 0.271 e. The average molecular weight is 249 g/mol. The Hall–Kier alpha value is -1.62. The fourth-order valence-electron chi connectivity index (χ4n) is 2.29. The molecule has 1 aliphatic rings. The molecule has 1 unspecified atom stereocenters. The van der Waals surface area contributed by atoms with E-state index in [-0.39, 0.29) is 10.6 Å². The summed E-state index contributed by atoms with van der Waals surface area (Å²) in [5.74, 6) is 0.733. The minimum absolute atomic E-state index is 0.144. The van der Waals surface area contributed by atoms with Crippen molar-refractivity contribution in [3.8, 4) is 0 Å². The molecule has 0 saturated carbocycles. The first-order chi connectivity index (χ1) is 8.66. The lowest BCUT2D eigenvalue weighted by atomic mass is 10.1. The molecule has 1 aromatic carbocycles. The highest BCUT2D eigenvalue weighted by molar-refractivity contribution is 5.56. The van der Waals surface area contributed by atoms with Gasteiger partial charge in [0.2, 0.25) is 0 Å². The van der Waals surface area contributed by atoms with Gasteiger partial charge in [0.1, 0.15) is 0 Å². The number of hydrogen-bond acceptors (Lipinski definition) is 4. The zero-order chi connectivity index (χ0) is 13.0. The van der Waals surface area contributed by atoms with E-state index in [0.29, 0.717) is 0 Å². The highest BCUT2D eigenvalue weighted by Crippen LogP contribution is 2.22. The van der Waals surface area contributed by atoms with E-state index in [1.807, 2.05) is 6.92 Å². The predicted molar refractivity (Wildman–Crippen MR) is 71.9 cm³/mol. The first-order valence-electron chi connectivity index (χ1n) is 6.36. The van der Waals surface area contributed by atoms with Gasteiger partial charge < -0.3 is 10.6 Å². The summed E-state index contributed by atoms with van der Waals surface area (Å²) in [5.41, 5.74) is 2.06. The molecule has 1 fully saturated rings. The lowest BCUT2D eigenvalue weighted by molar-refractivity contribution is -0.384. The second-order valence-electron chi connectivity index (χ2n) is 4.83. The lowest BCUT2D eigenvalue weighted by Gasteiger charge is -2.12. The zero-order valence-corrected chi connectivity index (χ0v) is 10.6. The summed E-state index contributed by atoms with van der Waals surface area (Å²) in [6, 6.07) is 4.95. The maximum absolute atomic E-state index is 10.7. The molecule has 0 aliphatic carbocycles. The van der Waals surface area contributed by atoms with Gasteiger partial charge in [-0.3, -0.25) is 10.1 Å². The molecule has 0 spiro atoms. The van der Waals surface area contributed by atoms with Crippen LogP contribution in [0.5, 0.6) is 0 Å². The molecule has 0 amide bonds. The first kappa shape index (κ1) is 12.8. The van der Waals surface area contributed by atoms with Crippen LogP contribution in [0.25, 0.3) is 0 Å². The normalized spacial score (nSPS) is 18.8. The number of hydrogen-bond donors (Lipinski definition) is 2. The highest BCUT2D eigenvalue weighted by Gasteiger charge is 2.14. The van der Waals surface area contributed by atoms with Crippen LogP contribution >= 0.6 is 0 Å². The molecule has 1 atom stereocenters. The summed E-state index contributed by atoms with van der Waals surface area (Å²) in [7, 11) is 0. The Kier molecular flexibility index (Phi) is 4.15. The van der Waals surface area contributed by atoms with E-state index in [4.69, 9.17) is 0 Å². The second kappa shape index (κ2) is 5.82. The molecule has 1 aromatic rings. The number of nitro benzene ring substituents is 1. The standard InChI is InChI=1S/C13H19N3O2/c1-10-2-3-12(16(17)18)8-13(10)15-7-5-11-4-6-14-9-11/h2-3,8,11,14-15H,4-7,9H2,1H3. The lowest BCUT2D eigenvalue weighted by Crippen LogP contribution is -2.13. The number of nitro groups is 1. The van der Waals surface area contributed by atoms with Crippen LogP contribution in [0.3, 0.4) is 0 Å². The Morgan fingerprint density at radius 3 is 3.06 bits per heavy atom. The van der Waals surface area contributed by atoms with E-state index in [0.717, 1.165) is 43.2 Å². The van der Waals surface area contributed by atoms with Crippen LogP contribution in [0.2, 0.25) is 0 Å². The minimum Gasteiger partial charge on any atom is -0.385 e. The van der Waals surface area contributed by atoms with Crippen molar-refractivity contribution in [3.63, 3.8) is 0 Å². The van der Waals surface area contributed by atoms with E-state index >= 15 is 0 Å². The van der Waals surface area contributed by atoms with Gasteiger partial charge in [-0.25, -0.2) is 0 Å². The number of anilines is 1. The fourth-order valence-corrected chi connectivity index (χ4v) is 2.29. The van der Waals surface area contributed by atoms with Crippen LogP contribution < -0.4 is 10.6 Å². The molecule has 1 heterocycles. The van der Waals surface area contributed by atoms with E-state index in [1.54, 1.807) is 18.2 Å². The summed E-state index contributed by atoms with van der Waals surface area (Å²) in [4.78, 5) is 10.4. The minimum atomic E-state index is -0.356. The van der Waals surface area contributed by atoms with Gasteiger partial charge in [0.25, 0.3) is 5.69 Å². The fraction of sp³-hybridized carbons (Fsp3) is 0.538. The summed E-state index contributed by atoms with van der Waals surface area (Å²) in [6.07, 6.45) is 2.34. The number of aryl methyl sites for hydroxylation is 1. The molecule has 0 bridgehead atoms. The quantitative estimate of drug-likeness (QED) is 0.620. The molecule has 2 N–H and O–H groups in total. The van der Waals surface area contributed by atoms with Gasteiger partial charge in [-0.15, -0.1) is 0 Å². The molecule has 18 heavy (non-hydrogen) atoms. The van der Waals surface area contributed by atoms with Crippen molar-refractivity contribution in [1.29, 1.82) is 0 Å². The summed E-state index contributed by atoms with van der Waals surface area (Å²) < 4.78 is 0. The molecule has 0 aromatic heterocycles. The number of non-ortho nitro benzene ring substituents is 1. The van der Waals surface area contributed by atoms with Crippen LogP contribution in [-0.2, 0) is 0 Å². The van der Waals surface area contributed by atoms with Crippen LogP contribution in [0.1, 0.15) is 18.4 Å². The molecule has 5 nitrogen and oxygen atoms in total. The monoisotopic (exact) mass is 249 g/mol. The number of rotatable bonds is 5. The summed E-state index contributed by atoms with van der Waals surface area (Å²) in [5, 5.41) is 17.4. The molecule has 1 saturated heterocycles. The van der Waals surface area contributed by atoms with Gasteiger partial charge in [-0.2, -0.15) is 0 Å². The van der Waals surface area contributed by atoms with E-state index in [9.17, 15) is 10.1 Å². The van der Waals surface area contributed by atoms with Crippen LogP contribution in [0.15, 0.2) is 18.2 Å². The number of nitrogens with zero attached hydrogens (tertiary/aromatic N) is 1. The Morgan fingerprint density at radius 2 is 2.39 bits per heavy atom. The molecule has 1 aliphatic heterocycles. The third-order valence-corrected chi connectivity index (χ3v) is 3.46. The molecule has 98 valence electrons. The van der Waals surface area contributed by atoms with Crippen molar-refractivity contribution in [2.45, 2.75) is 19.8 Å². The van der Waals surface area contributed by atoms with Gasteiger partial charge in [0.15, 0.2) is 0 Å². The Morgan fingerprint density at radius 1 is 1.56 bits per heavy atom. The maximum Gasteiger partial charge on any atom is 0.271 e. The van der Waals surface area contributed by atoms with Crippen molar-refractivity contribution in [1.82, 2.24) is 5.32 Å². The van der Waals surface area contributed by atoms with Crippen LogP contribution in [0.4, 0.5) is 11.4 Å². The van der Waals surface area contributed by atoms with Gasteiger partial charge in [-0.05, 0) is 44.3 Å². The SMILES string of the molecule is Cc1ccc([N+](=O)[O-])cc1NCCC1CCNC1. The Labute approximate surface area is 107 Å². The largest absolute Gasteiger partial charge is 0.385 e. The molecule has 5 heteroatoms. The third-order valence-electron chi connectivity index (χ3n) is 3.46. The van der Waals surface area contributed by atoms with Crippen molar-refractivity contribution >= 4 is 11.4 Å². The molecule has 2 rings (SSSR count). The van der Waals surface area contributed by atoms with Crippen molar-refractivity contribution in [3.05, 3.63) is 33.9 Å². The van der Waals surface area contributed by atoms with Gasteiger partial charge in [-0.1, -0.05) is 6.07 Å². The Balaban J connectivity index is 1.91. The number of benzene rings is 1. The van der Waals surface area contributed by atoms with E-state index in [2.05, 4.69) is 10.6 Å². The van der Waals surface area contributed by atoms with E-state index in [1.165, 1.54) is 6.42 Å². The van der Waals surface area contributed by atoms with E-state index < -0.39 is 0 Å².